The van der Waals surface area contributed by atoms with E-state index in [0.717, 1.165) is 0 Å². The van der Waals surface area contributed by atoms with Gasteiger partial charge in [0.15, 0.2) is 0 Å². The van der Waals surface area contributed by atoms with Gasteiger partial charge in [-0.2, -0.15) is 0 Å². The average molecular weight is 142 g/mol. The molecule has 0 spiro atoms. The van der Waals surface area contributed by atoms with E-state index in [2.05, 4.69) is 18.1 Å². The first kappa shape index (κ1) is 8.89. The zero-order valence-corrected chi connectivity index (χ0v) is 8.25. The zero-order chi connectivity index (χ0) is 6.41. The molecule has 0 saturated heterocycles. The van der Waals surface area contributed by atoms with Crippen LogP contribution in [0.25, 0.3) is 0 Å². The van der Waals surface area contributed by atoms with Crippen molar-refractivity contribution in [3.63, 3.8) is 0 Å². The van der Waals surface area contributed by atoms with E-state index in [4.69, 9.17) is 3.79 Å². The summed E-state index contributed by atoms with van der Waals surface area (Å²) in [5.41, 5.74) is 0. The van der Waals surface area contributed by atoms with Crippen molar-refractivity contribution in [2.75, 3.05) is 0 Å². The summed E-state index contributed by atoms with van der Waals surface area (Å²) in [6.45, 7) is 2.13. The third-order valence-corrected chi connectivity index (χ3v) is 2.85. The van der Waals surface area contributed by atoms with Crippen LogP contribution in [0, 0.1) is 0 Å². The van der Waals surface area contributed by atoms with Crippen LogP contribution in [-0.4, -0.2) is 41.8 Å². The topological polar surface area (TPSA) is 9.23 Å². The summed E-state index contributed by atoms with van der Waals surface area (Å²) in [4.78, 5) is 0. The molecule has 0 radical (unpaired) electrons. The number of hydrogen-bond donors (Lipinski definition) is 0. The predicted molar refractivity (Wildman–Crippen MR) is 41.2 cm³/mol. The minimum absolute atomic E-state index is 0.168. The quantitative estimate of drug-likeness (QED) is 0.514. The van der Waals surface area contributed by atoms with Crippen molar-refractivity contribution < 1.29 is 3.79 Å². The van der Waals surface area contributed by atoms with Gasteiger partial charge >= 0.3 is 63.6 Å². The first-order chi connectivity index (χ1) is 3.81. The van der Waals surface area contributed by atoms with E-state index in [9.17, 15) is 0 Å². The Labute approximate surface area is 63.7 Å². The second-order valence-corrected chi connectivity index (χ2v) is 3.75. The molecule has 0 heterocycles. The summed E-state index contributed by atoms with van der Waals surface area (Å²) in [5.74, 6) is 2.16. The Balaban J connectivity index is 3.03. The Kier molecular flexibility index (Phi) is 6.70. The molecule has 0 bridgehead atoms. The summed E-state index contributed by atoms with van der Waals surface area (Å²) < 4.78 is 5.40. The summed E-state index contributed by atoms with van der Waals surface area (Å²) in [6, 6.07) is 0. The maximum absolute atomic E-state index is 5.40. The Morgan fingerprint density at radius 3 is 2.88 bits per heavy atom. The third-order valence-electron chi connectivity index (χ3n) is 0.950. The van der Waals surface area contributed by atoms with Crippen LogP contribution in [-0.2, 0) is 3.79 Å². The van der Waals surface area contributed by atoms with E-state index in [-0.39, 0.29) is 15.6 Å². The van der Waals surface area contributed by atoms with Crippen LogP contribution in [0.3, 0.4) is 0 Å². The first-order valence-electron chi connectivity index (χ1n) is 3.03. The van der Waals surface area contributed by atoms with Crippen LogP contribution in [0.4, 0.5) is 0 Å². The Bertz CT molecular complexity index is 65.4. The standard InChI is InChI=1S/C3H6O.CH3.CH2.2Al.H/c1-3(2)4;;;;;/h3H,1H2,2H3;1H3;1H2;;;/q-1;;;;+1;. The van der Waals surface area contributed by atoms with Gasteiger partial charge in [0, 0.05) is 0 Å². The van der Waals surface area contributed by atoms with Gasteiger partial charge in [0.1, 0.15) is 0 Å². The average Bonchev–Trinajstić information content (AvgIpc) is 1.68. The maximum atomic E-state index is 5.40. The molecule has 8 heavy (non-hydrogen) atoms. The molecular weight excluding hydrogens is 130 g/mol. The molecule has 1 unspecified atom stereocenters. The molecule has 0 rings (SSSR count). The van der Waals surface area contributed by atoms with Crippen LogP contribution in [0.15, 0.2) is 0 Å². The van der Waals surface area contributed by atoms with Crippen LogP contribution in [0.1, 0.15) is 6.92 Å². The van der Waals surface area contributed by atoms with Gasteiger partial charge in [-0.15, -0.1) is 0 Å². The number of hydrogen-bond acceptors (Lipinski definition) is 1. The molecule has 44 valence electrons. The van der Waals surface area contributed by atoms with Crippen LogP contribution in [0.2, 0.25) is 11.1 Å². The monoisotopic (exact) mass is 142 g/mol. The molecule has 1 atom stereocenters. The van der Waals surface area contributed by atoms with Gasteiger partial charge in [-0.05, 0) is 0 Å². The molecule has 0 aliphatic carbocycles. The summed E-state index contributed by atoms with van der Waals surface area (Å²) in [6.07, 6.45) is 0.499. The van der Waals surface area contributed by atoms with Crippen molar-refractivity contribution >= 4 is 35.7 Å². The Morgan fingerprint density at radius 1 is 1.88 bits per heavy atom. The first-order valence-corrected chi connectivity index (χ1v) is 6.66. The minimum atomic E-state index is -0.168. The van der Waals surface area contributed by atoms with Crippen LogP contribution >= 0.6 is 0 Å². The molecule has 0 aliphatic rings. The molecule has 0 N–H and O–H groups in total. The fourth-order valence-electron chi connectivity index (χ4n) is 0.587. The molecule has 0 amide bonds. The normalized spacial score (nSPS) is 12.2. The predicted octanol–water partition coefficient (Wildman–Crippen LogP) is 0.346. The molecule has 0 aliphatic heterocycles. The van der Waals surface area contributed by atoms with Crippen LogP contribution < -0.4 is 0 Å². The molecular formula is C5H12Al2O. The molecule has 0 aromatic rings. The van der Waals surface area contributed by atoms with Gasteiger partial charge in [0.05, 0.1) is 0 Å². The number of rotatable bonds is 4. The summed E-state index contributed by atoms with van der Waals surface area (Å²) in [5, 5.41) is 5.02. The van der Waals surface area contributed by atoms with E-state index in [1.165, 1.54) is 5.28 Å². The molecule has 0 aromatic carbocycles. The van der Waals surface area contributed by atoms with Gasteiger partial charge in [-0.1, -0.05) is 0 Å². The second-order valence-electron chi connectivity index (χ2n) is 1.79. The zero-order valence-electron chi connectivity index (χ0n) is 5.68. The third kappa shape index (κ3) is 5.04. The Morgan fingerprint density at radius 2 is 2.50 bits per heavy atom. The van der Waals surface area contributed by atoms with Gasteiger partial charge in [-0.25, -0.2) is 0 Å². The second kappa shape index (κ2) is 6.02. The molecule has 1 nitrogen and oxygen atoms in total. The van der Waals surface area contributed by atoms with Gasteiger partial charge in [-0.3, -0.25) is 0 Å². The van der Waals surface area contributed by atoms with Crippen LogP contribution in [0.5, 0.6) is 0 Å². The molecule has 0 fully saturated rings. The van der Waals surface area contributed by atoms with Crippen molar-refractivity contribution in [1.82, 2.24) is 0 Å². The fourth-order valence-corrected chi connectivity index (χ4v) is 2.17. The molecule has 3 heteroatoms. The van der Waals surface area contributed by atoms with Crippen molar-refractivity contribution in [2.24, 2.45) is 0 Å². The van der Waals surface area contributed by atoms with E-state index in [1.54, 1.807) is 0 Å². The van der Waals surface area contributed by atoms with E-state index in [1.807, 2.05) is 0 Å². The van der Waals surface area contributed by atoms with E-state index >= 15 is 0 Å². The van der Waals surface area contributed by atoms with Crippen molar-refractivity contribution in [1.29, 1.82) is 0 Å². The van der Waals surface area contributed by atoms with Crippen molar-refractivity contribution in [3.05, 3.63) is 0 Å². The Hall–Kier alpha value is 0.895. The SMILES string of the molecule is [CH2]=[Al][CH2]C(C)[O][AlH][CH3]. The molecule has 0 saturated carbocycles. The fraction of sp³-hybridized carbons (Fsp3) is 0.800. The van der Waals surface area contributed by atoms with Gasteiger partial charge in [0.2, 0.25) is 0 Å². The van der Waals surface area contributed by atoms with E-state index in [0.29, 0.717) is 20.9 Å². The summed E-state index contributed by atoms with van der Waals surface area (Å²) >= 11 is 0.226. The summed E-state index contributed by atoms with van der Waals surface area (Å²) in [7, 11) is 0. The van der Waals surface area contributed by atoms with Crippen molar-refractivity contribution in [2.45, 2.75) is 24.1 Å². The van der Waals surface area contributed by atoms with Crippen molar-refractivity contribution in [3.8, 4) is 0 Å². The molecule has 0 aromatic heterocycles. The van der Waals surface area contributed by atoms with Gasteiger partial charge in [0.25, 0.3) is 0 Å². The van der Waals surface area contributed by atoms with Gasteiger partial charge < -0.3 is 0 Å². The van der Waals surface area contributed by atoms with E-state index < -0.39 is 0 Å².